The van der Waals surface area contributed by atoms with Gasteiger partial charge in [0.25, 0.3) is 0 Å². The molecule has 1 aliphatic rings. The van der Waals surface area contributed by atoms with Crippen molar-refractivity contribution in [3.05, 3.63) is 52.5 Å². The first-order valence-corrected chi connectivity index (χ1v) is 7.12. The molecule has 22 heavy (non-hydrogen) atoms. The average Bonchev–Trinajstić information content (AvgIpc) is 2.45. The molecule has 0 saturated heterocycles. The van der Waals surface area contributed by atoms with Gasteiger partial charge in [-0.3, -0.25) is 5.32 Å². The molecule has 5 heteroatoms. The molecule has 0 aromatic heterocycles. The highest BCUT2D eigenvalue weighted by atomic mass is 35.5. The number of hydrogen-bond donors (Lipinski definition) is 1. The highest BCUT2D eigenvalue weighted by molar-refractivity contribution is 6.31. The Balaban J connectivity index is 2.14. The van der Waals surface area contributed by atoms with Crippen molar-refractivity contribution >= 4 is 23.4 Å². The van der Waals surface area contributed by atoms with Gasteiger partial charge in [-0.1, -0.05) is 17.7 Å². The van der Waals surface area contributed by atoms with Crippen LogP contribution in [0.1, 0.15) is 25.0 Å². The second-order valence-corrected chi connectivity index (χ2v) is 6.06. The van der Waals surface area contributed by atoms with E-state index in [1.54, 1.807) is 18.2 Å². The van der Waals surface area contributed by atoms with Gasteiger partial charge >= 0.3 is 6.09 Å². The van der Waals surface area contributed by atoms with Gasteiger partial charge in [0.05, 0.1) is 17.3 Å². The Morgan fingerprint density at radius 2 is 1.95 bits per heavy atom. The van der Waals surface area contributed by atoms with Gasteiger partial charge < -0.3 is 4.74 Å². The molecule has 1 aliphatic heterocycles. The molecule has 0 atom stereocenters. The molecular formula is C17H13ClN2O2. The zero-order chi connectivity index (χ0) is 15.9. The molecule has 110 valence electrons. The van der Waals surface area contributed by atoms with Crippen molar-refractivity contribution in [3.63, 3.8) is 0 Å². The Hall–Kier alpha value is -2.51. The molecule has 1 heterocycles. The Bertz CT molecular complexity index is 822. The highest BCUT2D eigenvalue weighted by Crippen LogP contribution is 2.38. The van der Waals surface area contributed by atoms with Crippen molar-refractivity contribution in [1.82, 2.24) is 0 Å². The number of fused-ring (bicyclic) bond motifs is 1. The van der Waals surface area contributed by atoms with E-state index in [0.29, 0.717) is 10.6 Å². The third kappa shape index (κ3) is 2.51. The Morgan fingerprint density at radius 3 is 2.68 bits per heavy atom. The van der Waals surface area contributed by atoms with Crippen LogP contribution in [0.3, 0.4) is 0 Å². The molecule has 0 unspecified atom stereocenters. The normalized spacial score (nSPS) is 15.3. The first kappa shape index (κ1) is 14.4. The summed E-state index contributed by atoms with van der Waals surface area (Å²) in [6.45, 7) is 3.68. The Labute approximate surface area is 133 Å². The number of hydrogen-bond acceptors (Lipinski definition) is 3. The summed E-state index contributed by atoms with van der Waals surface area (Å²) in [6.07, 6.45) is -0.459. The number of carbonyl (C=O) groups excluding carboxylic acids is 1. The van der Waals surface area contributed by atoms with Crippen LogP contribution in [0.5, 0.6) is 0 Å². The molecule has 2 aromatic carbocycles. The largest absolute Gasteiger partial charge is 0.438 e. The van der Waals surface area contributed by atoms with Gasteiger partial charge in [-0.25, -0.2) is 4.79 Å². The summed E-state index contributed by atoms with van der Waals surface area (Å²) < 4.78 is 5.33. The number of cyclic esters (lactones) is 1. The number of rotatable bonds is 1. The third-order valence-electron chi connectivity index (χ3n) is 3.61. The van der Waals surface area contributed by atoms with Gasteiger partial charge in [-0.15, -0.1) is 0 Å². The minimum absolute atomic E-state index is 0.459. The molecule has 0 bridgehead atoms. The van der Waals surface area contributed by atoms with E-state index in [2.05, 4.69) is 11.4 Å². The zero-order valence-electron chi connectivity index (χ0n) is 12.1. The van der Waals surface area contributed by atoms with E-state index in [9.17, 15) is 4.79 Å². The number of amides is 1. The molecule has 0 radical (unpaired) electrons. The monoisotopic (exact) mass is 312 g/mol. The molecule has 0 aliphatic carbocycles. The number of ether oxygens (including phenoxy) is 1. The van der Waals surface area contributed by atoms with E-state index in [4.69, 9.17) is 21.6 Å². The summed E-state index contributed by atoms with van der Waals surface area (Å²) in [6, 6.07) is 13.0. The topological polar surface area (TPSA) is 62.1 Å². The SMILES string of the molecule is CC1(C)OC(=O)Nc2ccc(-c3cc(Cl)cc(C#N)c3)cc21. The maximum absolute atomic E-state index is 11.5. The molecule has 0 fully saturated rings. The first-order chi connectivity index (χ1) is 10.4. The summed E-state index contributed by atoms with van der Waals surface area (Å²) in [5.74, 6) is 0. The zero-order valence-corrected chi connectivity index (χ0v) is 12.9. The molecule has 1 amide bonds. The Morgan fingerprint density at radius 1 is 1.18 bits per heavy atom. The van der Waals surface area contributed by atoms with Crippen LogP contribution >= 0.6 is 11.6 Å². The van der Waals surface area contributed by atoms with Gasteiger partial charge in [0, 0.05) is 10.6 Å². The predicted octanol–water partition coefficient (Wildman–Crippen LogP) is 4.68. The van der Waals surface area contributed by atoms with Crippen LogP contribution < -0.4 is 5.32 Å². The summed E-state index contributed by atoms with van der Waals surface area (Å²) in [4.78, 5) is 11.5. The van der Waals surface area contributed by atoms with E-state index in [1.165, 1.54) is 0 Å². The van der Waals surface area contributed by atoms with Crippen LogP contribution in [0.15, 0.2) is 36.4 Å². The highest BCUT2D eigenvalue weighted by Gasteiger charge is 2.33. The van der Waals surface area contributed by atoms with Gasteiger partial charge in [-0.2, -0.15) is 5.26 Å². The van der Waals surface area contributed by atoms with Gasteiger partial charge in [0.1, 0.15) is 5.60 Å². The lowest BCUT2D eigenvalue weighted by atomic mass is 9.91. The van der Waals surface area contributed by atoms with E-state index < -0.39 is 11.7 Å². The maximum atomic E-state index is 11.5. The third-order valence-corrected chi connectivity index (χ3v) is 3.83. The van der Waals surface area contributed by atoms with E-state index in [1.807, 2.05) is 32.0 Å². The average molecular weight is 313 g/mol. The minimum Gasteiger partial charge on any atom is -0.438 e. The minimum atomic E-state index is -0.718. The number of nitriles is 1. The quantitative estimate of drug-likeness (QED) is 0.832. The predicted molar refractivity (Wildman–Crippen MR) is 84.7 cm³/mol. The lowest BCUT2D eigenvalue weighted by Crippen LogP contribution is -2.34. The number of halogens is 1. The van der Waals surface area contributed by atoms with E-state index >= 15 is 0 Å². The number of nitrogens with zero attached hydrogens (tertiary/aromatic N) is 1. The van der Waals surface area contributed by atoms with Crippen molar-refractivity contribution in [1.29, 1.82) is 5.26 Å². The van der Waals surface area contributed by atoms with Crippen molar-refractivity contribution in [2.75, 3.05) is 5.32 Å². The first-order valence-electron chi connectivity index (χ1n) is 6.75. The number of carbonyl (C=O) groups is 1. The second-order valence-electron chi connectivity index (χ2n) is 5.63. The number of benzene rings is 2. The fourth-order valence-electron chi connectivity index (χ4n) is 2.57. The van der Waals surface area contributed by atoms with Crippen LogP contribution in [0, 0.1) is 11.3 Å². The van der Waals surface area contributed by atoms with Crippen molar-refractivity contribution in [2.45, 2.75) is 19.4 Å². The molecule has 0 spiro atoms. The van der Waals surface area contributed by atoms with Crippen LogP contribution in [-0.2, 0) is 10.3 Å². The molecule has 0 saturated carbocycles. The van der Waals surface area contributed by atoms with Gasteiger partial charge in [0.15, 0.2) is 0 Å². The summed E-state index contributed by atoms with van der Waals surface area (Å²) in [5.41, 5.74) is 3.15. The maximum Gasteiger partial charge on any atom is 0.412 e. The standard InChI is InChI=1S/C17H13ClN2O2/c1-17(2)14-8-11(3-4-15(14)20-16(21)22-17)12-5-10(9-19)6-13(18)7-12/h3-8H,1-2H3,(H,20,21). The number of anilines is 1. The van der Waals surface area contributed by atoms with E-state index in [-0.39, 0.29) is 0 Å². The van der Waals surface area contributed by atoms with Gasteiger partial charge in [-0.05, 0) is 55.3 Å². The van der Waals surface area contributed by atoms with Gasteiger partial charge in [0.2, 0.25) is 0 Å². The molecule has 2 aromatic rings. The molecule has 4 nitrogen and oxygen atoms in total. The molecule has 3 rings (SSSR count). The van der Waals surface area contributed by atoms with Crippen LogP contribution in [0.25, 0.3) is 11.1 Å². The summed E-state index contributed by atoms with van der Waals surface area (Å²) >= 11 is 6.06. The Kier molecular flexibility index (Phi) is 3.31. The second kappa shape index (κ2) is 5.04. The molecule has 1 N–H and O–H groups in total. The fraction of sp³-hybridized carbons (Fsp3) is 0.176. The molecular weight excluding hydrogens is 300 g/mol. The van der Waals surface area contributed by atoms with Crippen LogP contribution in [-0.4, -0.2) is 6.09 Å². The van der Waals surface area contributed by atoms with Crippen molar-refractivity contribution in [3.8, 4) is 17.2 Å². The number of nitrogens with one attached hydrogen (secondary N) is 1. The van der Waals surface area contributed by atoms with Crippen molar-refractivity contribution in [2.24, 2.45) is 0 Å². The lowest BCUT2D eigenvalue weighted by Gasteiger charge is -2.32. The fourth-order valence-corrected chi connectivity index (χ4v) is 2.81. The summed E-state index contributed by atoms with van der Waals surface area (Å²) in [7, 11) is 0. The smallest absolute Gasteiger partial charge is 0.412 e. The van der Waals surface area contributed by atoms with Crippen molar-refractivity contribution < 1.29 is 9.53 Å². The lowest BCUT2D eigenvalue weighted by molar-refractivity contribution is 0.0421. The van der Waals surface area contributed by atoms with Crippen LogP contribution in [0.2, 0.25) is 5.02 Å². The summed E-state index contributed by atoms with van der Waals surface area (Å²) in [5, 5.41) is 12.3. The van der Waals surface area contributed by atoms with Crippen LogP contribution in [0.4, 0.5) is 10.5 Å². The van der Waals surface area contributed by atoms with E-state index in [0.717, 1.165) is 22.4 Å².